The van der Waals surface area contributed by atoms with E-state index in [0.717, 1.165) is 12.5 Å². The topological polar surface area (TPSA) is 61.4 Å². The van der Waals surface area contributed by atoms with Gasteiger partial charge in [-0.25, -0.2) is 17.8 Å². The van der Waals surface area contributed by atoms with E-state index in [1.54, 1.807) is 0 Å². The van der Waals surface area contributed by atoms with Crippen molar-refractivity contribution in [1.82, 2.24) is 15.2 Å². The van der Waals surface area contributed by atoms with E-state index in [1.807, 2.05) is 6.92 Å². The van der Waals surface area contributed by atoms with Gasteiger partial charge in [0, 0.05) is 31.2 Å². The number of benzene rings is 1. The van der Waals surface area contributed by atoms with Crippen LogP contribution in [0.5, 0.6) is 0 Å². The average molecular weight is 324 g/mol. The molecule has 0 aliphatic heterocycles. The van der Waals surface area contributed by atoms with Crippen LogP contribution in [0, 0.1) is 5.82 Å². The van der Waals surface area contributed by atoms with Gasteiger partial charge < -0.3 is 5.32 Å². The molecule has 1 aromatic carbocycles. The van der Waals surface area contributed by atoms with Gasteiger partial charge in [-0.1, -0.05) is 18.5 Å². The summed E-state index contributed by atoms with van der Waals surface area (Å²) < 4.78 is 38.3. The number of hydrogen-bond acceptors (Lipinski definition) is 4. The summed E-state index contributed by atoms with van der Waals surface area (Å²) in [6, 6.07) is 2.53. The van der Waals surface area contributed by atoms with E-state index in [4.69, 9.17) is 11.6 Å². The van der Waals surface area contributed by atoms with Crippen LogP contribution in [0.4, 0.5) is 4.39 Å². The largest absolute Gasteiger partial charge is 0.313 e. The van der Waals surface area contributed by atoms with Crippen LogP contribution in [0.1, 0.15) is 18.9 Å². The Morgan fingerprint density at radius 2 is 2.00 bits per heavy atom. The Balaban J connectivity index is 3.14. The summed E-state index contributed by atoms with van der Waals surface area (Å²) in [5, 5.41) is 4.42. The Morgan fingerprint density at radius 3 is 2.55 bits per heavy atom. The molecule has 0 heterocycles. The standard InChI is InChI=1S/C12H19ClFN3O2S/c1-4-5-15-8-9-6-10(13)7-11(12(9)14)20(18,19)16-17(2)3/h6-7,15-16H,4-5,8H2,1-3H3. The summed E-state index contributed by atoms with van der Waals surface area (Å²) in [7, 11) is -0.970. The molecular formula is C12H19ClFN3O2S. The zero-order valence-electron chi connectivity index (χ0n) is 11.7. The minimum absolute atomic E-state index is 0.179. The molecule has 8 heteroatoms. The van der Waals surface area contributed by atoms with E-state index in [1.165, 1.54) is 25.2 Å². The van der Waals surface area contributed by atoms with Crippen LogP contribution in [-0.2, 0) is 16.6 Å². The van der Waals surface area contributed by atoms with Crippen LogP contribution in [-0.4, -0.2) is 34.1 Å². The first kappa shape index (κ1) is 17.3. The van der Waals surface area contributed by atoms with Crippen molar-refractivity contribution in [3.63, 3.8) is 0 Å². The predicted molar refractivity (Wildman–Crippen MR) is 77.4 cm³/mol. The van der Waals surface area contributed by atoms with Crippen LogP contribution in [0.2, 0.25) is 5.02 Å². The third-order valence-corrected chi connectivity index (χ3v) is 4.11. The Labute approximate surface area is 124 Å². The lowest BCUT2D eigenvalue weighted by Gasteiger charge is -2.15. The van der Waals surface area contributed by atoms with Crippen LogP contribution >= 0.6 is 11.6 Å². The highest BCUT2D eigenvalue weighted by Crippen LogP contribution is 2.23. The summed E-state index contributed by atoms with van der Waals surface area (Å²) in [5.41, 5.74) is 0.227. The molecule has 0 bridgehead atoms. The first-order chi connectivity index (χ1) is 9.27. The van der Waals surface area contributed by atoms with Gasteiger partial charge in [0.15, 0.2) is 0 Å². The molecule has 20 heavy (non-hydrogen) atoms. The average Bonchev–Trinajstić information content (AvgIpc) is 2.31. The SMILES string of the molecule is CCCNCc1cc(Cl)cc(S(=O)(=O)NN(C)C)c1F. The number of sulfonamides is 1. The molecule has 0 spiro atoms. The molecule has 0 radical (unpaired) electrons. The molecule has 0 saturated carbocycles. The maximum atomic E-state index is 14.3. The minimum atomic E-state index is -3.98. The molecule has 0 amide bonds. The fourth-order valence-corrected chi connectivity index (χ4v) is 3.17. The quantitative estimate of drug-likeness (QED) is 0.592. The third-order valence-electron chi connectivity index (χ3n) is 2.41. The second-order valence-electron chi connectivity index (χ2n) is 4.54. The van der Waals surface area contributed by atoms with Crippen molar-refractivity contribution < 1.29 is 12.8 Å². The van der Waals surface area contributed by atoms with E-state index in [0.29, 0.717) is 6.54 Å². The zero-order valence-corrected chi connectivity index (χ0v) is 13.3. The molecular weight excluding hydrogens is 305 g/mol. The van der Waals surface area contributed by atoms with Gasteiger partial charge in [0.25, 0.3) is 10.0 Å². The highest BCUT2D eigenvalue weighted by atomic mass is 35.5. The van der Waals surface area contributed by atoms with Crippen LogP contribution in [0.3, 0.4) is 0 Å². The van der Waals surface area contributed by atoms with E-state index >= 15 is 0 Å². The second kappa shape index (κ2) is 7.33. The van der Waals surface area contributed by atoms with Crippen LogP contribution in [0.15, 0.2) is 17.0 Å². The van der Waals surface area contributed by atoms with Gasteiger partial charge in [-0.05, 0) is 25.1 Å². The summed E-state index contributed by atoms with van der Waals surface area (Å²) in [4.78, 5) is 1.73. The lowest BCUT2D eigenvalue weighted by molar-refractivity contribution is 0.362. The molecule has 5 nitrogen and oxygen atoms in total. The molecule has 0 fully saturated rings. The normalized spacial score (nSPS) is 12.1. The smallest absolute Gasteiger partial charge is 0.256 e. The first-order valence-corrected chi connectivity index (χ1v) is 8.02. The van der Waals surface area contributed by atoms with Crippen molar-refractivity contribution in [3.8, 4) is 0 Å². The first-order valence-electron chi connectivity index (χ1n) is 6.16. The van der Waals surface area contributed by atoms with Gasteiger partial charge in [0.2, 0.25) is 0 Å². The maximum Gasteiger partial charge on any atom is 0.256 e. The Bertz CT molecular complexity index is 564. The van der Waals surface area contributed by atoms with Gasteiger partial charge in [-0.3, -0.25) is 0 Å². The van der Waals surface area contributed by atoms with E-state index in [9.17, 15) is 12.8 Å². The monoisotopic (exact) mass is 323 g/mol. The summed E-state index contributed by atoms with van der Waals surface area (Å²) in [6.07, 6.45) is 0.898. The second-order valence-corrected chi connectivity index (χ2v) is 6.61. The summed E-state index contributed by atoms with van der Waals surface area (Å²) in [5.74, 6) is -0.785. The van der Waals surface area contributed by atoms with E-state index in [-0.39, 0.29) is 17.1 Å². The summed E-state index contributed by atoms with van der Waals surface area (Å²) in [6.45, 7) is 2.92. The lowest BCUT2D eigenvalue weighted by Crippen LogP contribution is -2.36. The molecule has 0 aliphatic rings. The molecule has 0 unspecified atom stereocenters. The van der Waals surface area contributed by atoms with Crippen molar-refractivity contribution in [1.29, 1.82) is 0 Å². The summed E-state index contributed by atoms with van der Waals surface area (Å²) >= 11 is 5.88. The Morgan fingerprint density at radius 1 is 1.35 bits per heavy atom. The fourth-order valence-electron chi connectivity index (χ4n) is 1.63. The van der Waals surface area contributed by atoms with E-state index in [2.05, 4.69) is 10.1 Å². The van der Waals surface area contributed by atoms with Crippen LogP contribution < -0.4 is 10.1 Å². The van der Waals surface area contributed by atoms with Gasteiger partial charge in [0.1, 0.15) is 10.7 Å². The number of rotatable bonds is 7. The van der Waals surface area contributed by atoms with Crippen molar-refractivity contribution in [2.24, 2.45) is 0 Å². The minimum Gasteiger partial charge on any atom is -0.313 e. The lowest BCUT2D eigenvalue weighted by atomic mass is 10.2. The van der Waals surface area contributed by atoms with Crippen molar-refractivity contribution in [3.05, 3.63) is 28.5 Å². The molecule has 2 N–H and O–H groups in total. The molecule has 1 rings (SSSR count). The Kier molecular flexibility index (Phi) is 6.35. The van der Waals surface area contributed by atoms with Crippen molar-refractivity contribution >= 4 is 21.6 Å². The number of nitrogens with one attached hydrogen (secondary N) is 2. The van der Waals surface area contributed by atoms with E-state index < -0.39 is 20.7 Å². The highest BCUT2D eigenvalue weighted by molar-refractivity contribution is 7.89. The van der Waals surface area contributed by atoms with Crippen LogP contribution in [0.25, 0.3) is 0 Å². The molecule has 1 aromatic rings. The van der Waals surface area contributed by atoms with Gasteiger partial charge in [-0.15, -0.1) is 4.83 Å². The number of halogens is 2. The fraction of sp³-hybridized carbons (Fsp3) is 0.500. The van der Waals surface area contributed by atoms with Gasteiger partial charge in [-0.2, -0.15) is 0 Å². The molecule has 0 saturated heterocycles. The molecule has 0 aromatic heterocycles. The van der Waals surface area contributed by atoms with Gasteiger partial charge in [0.05, 0.1) is 0 Å². The van der Waals surface area contributed by atoms with Gasteiger partial charge >= 0.3 is 0 Å². The van der Waals surface area contributed by atoms with Crippen molar-refractivity contribution in [2.45, 2.75) is 24.8 Å². The maximum absolute atomic E-state index is 14.3. The molecule has 0 aliphatic carbocycles. The number of hydrogen-bond donors (Lipinski definition) is 2. The third kappa shape index (κ3) is 4.68. The Hall–Kier alpha value is -0.730. The molecule has 0 atom stereocenters. The number of nitrogens with zero attached hydrogens (tertiary/aromatic N) is 1. The number of hydrazine groups is 1. The highest BCUT2D eigenvalue weighted by Gasteiger charge is 2.22. The van der Waals surface area contributed by atoms with Crippen molar-refractivity contribution in [2.75, 3.05) is 20.6 Å². The predicted octanol–water partition coefficient (Wildman–Crippen LogP) is 1.73. The molecule has 114 valence electrons. The zero-order chi connectivity index (χ0) is 15.3.